The molecule has 0 bridgehead atoms. The summed E-state index contributed by atoms with van der Waals surface area (Å²) in [7, 11) is 1.78. The van der Waals surface area contributed by atoms with Crippen molar-refractivity contribution in [3.8, 4) is 5.88 Å². The highest BCUT2D eigenvalue weighted by molar-refractivity contribution is 5.91. The minimum absolute atomic E-state index is 0.0175. The van der Waals surface area contributed by atoms with Gasteiger partial charge in [-0.1, -0.05) is 18.2 Å². The first-order chi connectivity index (χ1) is 14.5. The summed E-state index contributed by atoms with van der Waals surface area (Å²) >= 11 is 0. The van der Waals surface area contributed by atoms with Gasteiger partial charge >= 0.3 is 6.03 Å². The Labute approximate surface area is 178 Å². The van der Waals surface area contributed by atoms with Crippen LogP contribution in [0.1, 0.15) is 37.9 Å². The van der Waals surface area contributed by atoms with Crippen molar-refractivity contribution in [2.75, 3.05) is 38.3 Å². The lowest BCUT2D eigenvalue weighted by molar-refractivity contribution is -0.0708. The average Bonchev–Trinajstić information content (AvgIpc) is 2.79. The lowest BCUT2D eigenvalue weighted by Crippen LogP contribution is -2.41. The van der Waals surface area contributed by atoms with Crippen LogP contribution in [0.2, 0.25) is 0 Å². The summed E-state index contributed by atoms with van der Waals surface area (Å²) in [5.41, 5.74) is 1.47. The largest absolute Gasteiger partial charge is 0.473 e. The molecule has 0 atom stereocenters. The van der Waals surface area contributed by atoms with E-state index < -0.39 is 5.60 Å². The Morgan fingerprint density at radius 2 is 1.80 bits per heavy atom. The van der Waals surface area contributed by atoms with Crippen LogP contribution >= 0.6 is 0 Å². The Hall–Kier alpha value is -2.64. The molecule has 1 aliphatic heterocycles. The number of ether oxygens (including phenoxy) is 2. The number of amides is 2. The Balaban J connectivity index is 1.61. The minimum Gasteiger partial charge on any atom is -0.473 e. The van der Waals surface area contributed by atoms with Crippen molar-refractivity contribution in [2.45, 2.75) is 38.9 Å². The molecule has 0 spiro atoms. The molecule has 2 aromatic rings. The Kier molecular flexibility index (Phi) is 7.29. The van der Waals surface area contributed by atoms with E-state index in [2.05, 4.69) is 4.98 Å². The van der Waals surface area contributed by atoms with E-state index >= 15 is 0 Å². The van der Waals surface area contributed by atoms with Gasteiger partial charge in [0.05, 0.1) is 5.69 Å². The molecular weight excluding hydrogens is 382 g/mol. The van der Waals surface area contributed by atoms with Gasteiger partial charge in [-0.2, -0.15) is 0 Å². The SMILES string of the molecule is CCN(CC)C(=O)N(C)c1ccc(COc2cccc(C3(O)CCOCC3)n2)cc1. The van der Waals surface area contributed by atoms with Crippen LogP contribution < -0.4 is 9.64 Å². The van der Waals surface area contributed by atoms with Crippen molar-refractivity contribution in [1.29, 1.82) is 0 Å². The van der Waals surface area contributed by atoms with Gasteiger partial charge in [0, 0.05) is 57.9 Å². The fourth-order valence-corrected chi connectivity index (χ4v) is 3.51. The molecule has 1 aromatic carbocycles. The summed E-state index contributed by atoms with van der Waals surface area (Å²) in [5.74, 6) is 0.477. The molecule has 2 amide bonds. The molecule has 7 heteroatoms. The predicted molar refractivity (Wildman–Crippen MR) is 116 cm³/mol. The summed E-state index contributed by atoms with van der Waals surface area (Å²) in [6.45, 7) is 6.71. The van der Waals surface area contributed by atoms with Crippen LogP contribution in [0.5, 0.6) is 5.88 Å². The van der Waals surface area contributed by atoms with Crippen molar-refractivity contribution in [2.24, 2.45) is 0 Å². The fourth-order valence-electron chi connectivity index (χ4n) is 3.51. The molecule has 0 saturated carbocycles. The summed E-state index contributed by atoms with van der Waals surface area (Å²) in [6.07, 6.45) is 1.06. The molecule has 1 aromatic heterocycles. The topological polar surface area (TPSA) is 75.1 Å². The normalized spacial score (nSPS) is 15.5. The van der Waals surface area contributed by atoms with Gasteiger partial charge < -0.3 is 19.5 Å². The van der Waals surface area contributed by atoms with Crippen molar-refractivity contribution < 1.29 is 19.4 Å². The van der Waals surface area contributed by atoms with Crippen molar-refractivity contribution in [3.05, 3.63) is 53.7 Å². The van der Waals surface area contributed by atoms with Crippen LogP contribution in [0.15, 0.2) is 42.5 Å². The third kappa shape index (κ3) is 5.09. The number of carbonyl (C=O) groups excluding carboxylic acids is 1. The van der Waals surface area contributed by atoms with E-state index in [4.69, 9.17) is 9.47 Å². The number of benzene rings is 1. The maximum absolute atomic E-state index is 12.5. The zero-order valence-corrected chi connectivity index (χ0v) is 18.0. The Morgan fingerprint density at radius 1 is 1.13 bits per heavy atom. The highest BCUT2D eigenvalue weighted by Gasteiger charge is 2.33. The van der Waals surface area contributed by atoms with E-state index in [0.717, 1.165) is 11.3 Å². The van der Waals surface area contributed by atoms with Gasteiger partial charge in [0.1, 0.15) is 12.2 Å². The van der Waals surface area contributed by atoms with E-state index in [1.807, 2.05) is 50.2 Å². The van der Waals surface area contributed by atoms with Gasteiger partial charge in [-0.3, -0.25) is 4.90 Å². The van der Waals surface area contributed by atoms with Gasteiger partial charge in [-0.05, 0) is 37.6 Å². The molecular formula is C23H31N3O4. The first kappa shape index (κ1) is 22.1. The van der Waals surface area contributed by atoms with Gasteiger partial charge in [0.15, 0.2) is 0 Å². The standard InChI is InChI=1S/C23H31N3O4/c1-4-26(5-2)22(27)25(3)19-11-9-18(10-12-19)17-30-21-8-6-7-20(24-21)23(28)13-15-29-16-14-23/h6-12,28H,4-5,13-17H2,1-3H3. The van der Waals surface area contributed by atoms with Gasteiger partial charge in [-0.25, -0.2) is 9.78 Å². The number of rotatable bonds is 7. The second-order valence-electron chi connectivity index (χ2n) is 7.47. The third-order valence-electron chi connectivity index (χ3n) is 5.55. The minimum atomic E-state index is -0.957. The predicted octanol–water partition coefficient (Wildman–Crippen LogP) is 3.56. The van der Waals surface area contributed by atoms with Crippen LogP contribution in [-0.4, -0.2) is 54.4 Å². The summed E-state index contributed by atoms with van der Waals surface area (Å²) in [5, 5.41) is 10.8. The molecule has 162 valence electrons. The summed E-state index contributed by atoms with van der Waals surface area (Å²) in [6, 6.07) is 13.2. The van der Waals surface area contributed by atoms with Gasteiger partial charge in [0.25, 0.3) is 0 Å². The van der Waals surface area contributed by atoms with E-state index in [-0.39, 0.29) is 6.03 Å². The molecule has 0 radical (unpaired) electrons. The second kappa shape index (κ2) is 9.91. The van der Waals surface area contributed by atoms with Crippen LogP contribution in [0.3, 0.4) is 0 Å². The molecule has 1 aliphatic rings. The molecule has 3 rings (SSSR count). The molecule has 2 heterocycles. The molecule has 1 saturated heterocycles. The van der Waals surface area contributed by atoms with Crippen LogP contribution in [0.25, 0.3) is 0 Å². The van der Waals surface area contributed by atoms with E-state index in [1.165, 1.54) is 0 Å². The molecule has 0 unspecified atom stereocenters. The lowest BCUT2D eigenvalue weighted by Gasteiger charge is -2.31. The Bertz CT molecular complexity index is 831. The number of nitrogens with zero attached hydrogens (tertiary/aromatic N) is 3. The maximum atomic E-state index is 12.5. The molecule has 1 N–H and O–H groups in total. The molecule has 0 aliphatic carbocycles. The number of hydrogen-bond donors (Lipinski definition) is 1. The zero-order valence-electron chi connectivity index (χ0n) is 18.0. The number of anilines is 1. The molecule has 7 nitrogen and oxygen atoms in total. The number of aromatic nitrogens is 1. The smallest absolute Gasteiger partial charge is 0.324 e. The first-order valence-corrected chi connectivity index (χ1v) is 10.5. The quantitative estimate of drug-likeness (QED) is 0.751. The Morgan fingerprint density at radius 3 is 2.43 bits per heavy atom. The van der Waals surface area contributed by atoms with E-state index in [1.54, 1.807) is 22.9 Å². The van der Waals surface area contributed by atoms with Crippen molar-refractivity contribution >= 4 is 11.7 Å². The van der Waals surface area contributed by atoms with E-state index in [0.29, 0.717) is 57.3 Å². The number of carbonyl (C=O) groups is 1. The number of aliphatic hydroxyl groups is 1. The van der Waals surface area contributed by atoms with Crippen molar-refractivity contribution in [3.63, 3.8) is 0 Å². The monoisotopic (exact) mass is 413 g/mol. The summed E-state index contributed by atoms with van der Waals surface area (Å²) < 4.78 is 11.2. The van der Waals surface area contributed by atoms with Crippen LogP contribution in [0.4, 0.5) is 10.5 Å². The number of pyridine rings is 1. The summed E-state index contributed by atoms with van der Waals surface area (Å²) in [4.78, 5) is 20.4. The molecule has 30 heavy (non-hydrogen) atoms. The van der Waals surface area contributed by atoms with Crippen molar-refractivity contribution in [1.82, 2.24) is 9.88 Å². The van der Waals surface area contributed by atoms with Gasteiger partial charge in [-0.15, -0.1) is 0 Å². The first-order valence-electron chi connectivity index (χ1n) is 10.5. The lowest BCUT2D eigenvalue weighted by atomic mass is 9.90. The van der Waals surface area contributed by atoms with Gasteiger partial charge in [0.2, 0.25) is 5.88 Å². The molecule has 1 fully saturated rings. The highest BCUT2D eigenvalue weighted by atomic mass is 16.5. The zero-order chi connectivity index (χ0) is 21.6. The average molecular weight is 414 g/mol. The number of urea groups is 1. The second-order valence-corrected chi connectivity index (χ2v) is 7.47. The maximum Gasteiger partial charge on any atom is 0.324 e. The van der Waals surface area contributed by atoms with E-state index in [9.17, 15) is 9.90 Å². The highest BCUT2D eigenvalue weighted by Crippen LogP contribution is 2.31. The third-order valence-corrected chi connectivity index (χ3v) is 5.55. The fraction of sp³-hybridized carbons (Fsp3) is 0.478. The van der Waals surface area contributed by atoms with Crippen LogP contribution in [-0.2, 0) is 16.9 Å². The number of hydrogen-bond acceptors (Lipinski definition) is 5. The van der Waals surface area contributed by atoms with Crippen LogP contribution in [0, 0.1) is 0 Å².